The van der Waals surface area contributed by atoms with Crippen molar-refractivity contribution in [2.75, 3.05) is 5.32 Å². The van der Waals surface area contributed by atoms with Crippen molar-refractivity contribution in [3.8, 4) is 0 Å². The molecule has 6 heteroatoms. The maximum absolute atomic E-state index is 9.43. The SMILES string of the molecule is CC(O)c1ncc(CNc2cnn(CC3CC3)c2)s1. The summed E-state index contributed by atoms with van der Waals surface area (Å²) in [5.41, 5.74) is 1.03. The minimum atomic E-state index is -0.486. The number of hydrogen-bond acceptors (Lipinski definition) is 5. The first-order chi connectivity index (χ1) is 9.20. The van der Waals surface area contributed by atoms with Gasteiger partial charge in [-0.25, -0.2) is 4.98 Å². The van der Waals surface area contributed by atoms with E-state index in [-0.39, 0.29) is 0 Å². The Morgan fingerprint density at radius 2 is 2.37 bits per heavy atom. The third kappa shape index (κ3) is 3.33. The molecule has 1 atom stereocenters. The number of hydrogen-bond donors (Lipinski definition) is 2. The Bertz CT molecular complexity index is 544. The van der Waals surface area contributed by atoms with Crippen LogP contribution in [0.25, 0.3) is 0 Å². The first kappa shape index (κ1) is 12.6. The molecule has 5 nitrogen and oxygen atoms in total. The van der Waals surface area contributed by atoms with Gasteiger partial charge < -0.3 is 10.4 Å². The van der Waals surface area contributed by atoms with E-state index in [4.69, 9.17) is 0 Å². The number of aromatic nitrogens is 3. The zero-order valence-electron chi connectivity index (χ0n) is 10.9. The average Bonchev–Trinajstić information content (AvgIpc) is 2.91. The zero-order chi connectivity index (χ0) is 13.2. The fourth-order valence-electron chi connectivity index (χ4n) is 1.91. The summed E-state index contributed by atoms with van der Waals surface area (Å²) in [6, 6.07) is 0. The van der Waals surface area contributed by atoms with Gasteiger partial charge in [0.2, 0.25) is 0 Å². The van der Waals surface area contributed by atoms with Crippen LogP contribution in [-0.2, 0) is 13.1 Å². The van der Waals surface area contributed by atoms with Crippen molar-refractivity contribution >= 4 is 17.0 Å². The molecule has 1 unspecified atom stereocenters. The first-order valence-electron chi connectivity index (χ1n) is 6.59. The number of aliphatic hydroxyl groups is 1. The Labute approximate surface area is 116 Å². The number of aliphatic hydroxyl groups excluding tert-OH is 1. The maximum Gasteiger partial charge on any atom is 0.121 e. The van der Waals surface area contributed by atoms with Crippen LogP contribution in [0.4, 0.5) is 5.69 Å². The molecule has 0 aromatic carbocycles. The fourth-order valence-corrected chi connectivity index (χ4v) is 2.70. The normalized spacial score (nSPS) is 16.5. The molecule has 19 heavy (non-hydrogen) atoms. The first-order valence-corrected chi connectivity index (χ1v) is 7.41. The van der Waals surface area contributed by atoms with Gasteiger partial charge in [0.25, 0.3) is 0 Å². The van der Waals surface area contributed by atoms with Crippen LogP contribution < -0.4 is 5.32 Å². The predicted octanol–water partition coefficient (Wildman–Crippen LogP) is 2.42. The molecule has 0 aliphatic heterocycles. The van der Waals surface area contributed by atoms with Gasteiger partial charge in [0.05, 0.1) is 18.4 Å². The molecule has 1 saturated carbocycles. The van der Waals surface area contributed by atoms with Gasteiger partial charge in [0, 0.05) is 23.8 Å². The van der Waals surface area contributed by atoms with Gasteiger partial charge in [-0.3, -0.25) is 4.68 Å². The van der Waals surface area contributed by atoms with Crippen molar-refractivity contribution in [1.29, 1.82) is 0 Å². The lowest BCUT2D eigenvalue weighted by atomic mass is 10.4. The van der Waals surface area contributed by atoms with Gasteiger partial charge >= 0.3 is 0 Å². The summed E-state index contributed by atoms with van der Waals surface area (Å²) in [5.74, 6) is 0.836. The van der Waals surface area contributed by atoms with Crippen LogP contribution in [0.1, 0.15) is 35.8 Å². The van der Waals surface area contributed by atoms with Gasteiger partial charge in [-0.2, -0.15) is 5.10 Å². The largest absolute Gasteiger partial charge is 0.386 e. The van der Waals surface area contributed by atoms with Crippen molar-refractivity contribution < 1.29 is 5.11 Å². The molecular formula is C13H18N4OS. The molecule has 2 aromatic heterocycles. The number of thiazole rings is 1. The Morgan fingerprint density at radius 3 is 3.05 bits per heavy atom. The molecule has 2 heterocycles. The number of anilines is 1. The third-order valence-electron chi connectivity index (χ3n) is 3.17. The molecule has 1 fully saturated rings. The summed E-state index contributed by atoms with van der Waals surface area (Å²) in [6.45, 7) is 3.49. The Kier molecular flexibility index (Phi) is 3.52. The lowest BCUT2D eigenvalue weighted by molar-refractivity contribution is 0.199. The van der Waals surface area contributed by atoms with Crippen LogP contribution in [0.15, 0.2) is 18.6 Å². The van der Waals surface area contributed by atoms with Crippen molar-refractivity contribution in [2.24, 2.45) is 5.92 Å². The van der Waals surface area contributed by atoms with Crippen molar-refractivity contribution in [2.45, 2.75) is 39.0 Å². The zero-order valence-corrected chi connectivity index (χ0v) is 11.7. The summed E-state index contributed by atoms with van der Waals surface area (Å²) in [6.07, 6.45) is 7.92. The van der Waals surface area contributed by atoms with Crippen LogP contribution in [0, 0.1) is 5.92 Å². The highest BCUT2D eigenvalue weighted by Crippen LogP contribution is 2.30. The standard InChI is InChI=1S/C13H18N4OS/c1-9(18)13-15-6-12(19-13)5-14-11-4-16-17(8-11)7-10-2-3-10/h4,6,8-10,14,18H,2-3,5,7H2,1H3. The van der Waals surface area contributed by atoms with Crippen molar-refractivity contribution in [1.82, 2.24) is 14.8 Å². The van der Waals surface area contributed by atoms with Crippen LogP contribution in [0.3, 0.4) is 0 Å². The van der Waals surface area contributed by atoms with Gasteiger partial charge in [-0.15, -0.1) is 11.3 Å². The third-order valence-corrected chi connectivity index (χ3v) is 4.34. The molecule has 0 bridgehead atoms. The van der Waals surface area contributed by atoms with E-state index in [1.54, 1.807) is 6.92 Å². The van der Waals surface area contributed by atoms with E-state index in [2.05, 4.69) is 21.6 Å². The highest BCUT2D eigenvalue weighted by atomic mass is 32.1. The van der Waals surface area contributed by atoms with Gasteiger partial charge in [0.1, 0.15) is 11.1 Å². The highest BCUT2D eigenvalue weighted by molar-refractivity contribution is 7.11. The van der Waals surface area contributed by atoms with E-state index >= 15 is 0 Å². The van der Waals surface area contributed by atoms with Gasteiger partial charge in [0.15, 0.2) is 0 Å². The van der Waals surface area contributed by atoms with E-state index in [0.717, 1.165) is 34.6 Å². The highest BCUT2D eigenvalue weighted by Gasteiger charge is 2.21. The number of nitrogens with zero attached hydrogens (tertiary/aromatic N) is 3. The monoisotopic (exact) mass is 278 g/mol. The second kappa shape index (κ2) is 5.30. The quantitative estimate of drug-likeness (QED) is 0.852. The van der Waals surface area contributed by atoms with Crippen molar-refractivity contribution in [3.05, 3.63) is 28.5 Å². The van der Waals surface area contributed by atoms with Crippen LogP contribution in [0.5, 0.6) is 0 Å². The van der Waals surface area contributed by atoms with E-state index < -0.39 is 6.10 Å². The smallest absolute Gasteiger partial charge is 0.121 e. The average molecular weight is 278 g/mol. The summed E-state index contributed by atoms with van der Waals surface area (Å²) in [5, 5.41) is 17.9. The fraction of sp³-hybridized carbons (Fsp3) is 0.538. The van der Waals surface area contributed by atoms with Crippen LogP contribution in [-0.4, -0.2) is 19.9 Å². The Balaban J connectivity index is 1.54. The molecule has 3 rings (SSSR count). The lowest BCUT2D eigenvalue weighted by Gasteiger charge is -2.00. The maximum atomic E-state index is 9.43. The molecule has 2 aromatic rings. The summed E-state index contributed by atoms with van der Waals surface area (Å²) in [7, 11) is 0. The topological polar surface area (TPSA) is 63.0 Å². The minimum Gasteiger partial charge on any atom is -0.386 e. The summed E-state index contributed by atoms with van der Waals surface area (Å²) >= 11 is 1.54. The molecule has 102 valence electrons. The summed E-state index contributed by atoms with van der Waals surface area (Å²) in [4.78, 5) is 5.31. The number of nitrogens with one attached hydrogen (secondary N) is 1. The molecule has 0 radical (unpaired) electrons. The van der Waals surface area contributed by atoms with E-state index in [9.17, 15) is 5.11 Å². The second-order valence-corrected chi connectivity index (χ2v) is 6.24. The predicted molar refractivity (Wildman–Crippen MR) is 75.0 cm³/mol. The van der Waals surface area contributed by atoms with E-state index in [1.807, 2.05) is 17.1 Å². The summed E-state index contributed by atoms with van der Waals surface area (Å²) < 4.78 is 2.01. The molecule has 0 amide bonds. The second-order valence-electron chi connectivity index (χ2n) is 5.09. The molecular weight excluding hydrogens is 260 g/mol. The Morgan fingerprint density at radius 1 is 1.53 bits per heavy atom. The molecule has 0 saturated heterocycles. The lowest BCUT2D eigenvalue weighted by Crippen LogP contribution is -2.00. The minimum absolute atomic E-state index is 0.486. The number of rotatable bonds is 6. The van der Waals surface area contributed by atoms with Gasteiger partial charge in [-0.1, -0.05) is 0 Å². The molecule has 0 spiro atoms. The molecule has 1 aliphatic carbocycles. The van der Waals surface area contributed by atoms with E-state index in [0.29, 0.717) is 0 Å². The molecule has 2 N–H and O–H groups in total. The Hall–Kier alpha value is -1.40. The van der Waals surface area contributed by atoms with Gasteiger partial charge in [-0.05, 0) is 25.7 Å². The van der Waals surface area contributed by atoms with Crippen LogP contribution >= 0.6 is 11.3 Å². The molecule has 1 aliphatic rings. The van der Waals surface area contributed by atoms with Crippen LogP contribution in [0.2, 0.25) is 0 Å². The van der Waals surface area contributed by atoms with Crippen molar-refractivity contribution in [3.63, 3.8) is 0 Å². The van der Waals surface area contributed by atoms with E-state index in [1.165, 1.54) is 24.2 Å².